The first-order valence-corrected chi connectivity index (χ1v) is 7.06. The maximum Gasteiger partial charge on any atom is 0.297 e. The van der Waals surface area contributed by atoms with Gasteiger partial charge in [0.2, 0.25) is 0 Å². The van der Waals surface area contributed by atoms with E-state index >= 15 is 0 Å². The van der Waals surface area contributed by atoms with E-state index in [0.29, 0.717) is 12.6 Å². The molecule has 0 aliphatic heterocycles. The number of aromatic nitrogens is 2. The molecule has 0 bridgehead atoms. The molecule has 1 aromatic carbocycles. The number of halogens is 2. The van der Waals surface area contributed by atoms with Crippen molar-refractivity contribution < 1.29 is 4.92 Å². The minimum absolute atomic E-state index is 0.181. The number of rotatable bonds is 5. The van der Waals surface area contributed by atoms with Crippen LogP contribution in [-0.2, 0) is 6.54 Å². The first-order chi connectivity index (χ1) is 9.88. The lowest BCUT2D eigenvalue weighted by Crippen LogP contribution is -2.22. The van der Waals surface area contributed by atoms with Crippen LogP contribution in [0.4, 0.5) is 5.69 Å². The number of nitro benzene ring substituents is 1. The van der Waals surface area contributed by atoms with Crippen molar-refractivity contribution in [2.24, 2.45) is 0 Å². The molecule has 0 aliphatic rings. The Kier molecular flexibility index (Phi) is 4.82. The lowest BCUT2D eigenvalue weighted by molar-refractivity contribution is -0.384. The second-order valence-corrected chi connectivity index (χ2v) is 5.64. The third kappa shape index (κ3) is 3.72. The minimum atomic E-state index is -0.527. The zero-order valence-corrected chi connectivity index (χ0v) is 13.0. The van der Waals surface area contributed by atoms with Gasteiger partial charge in [-0.25, -0.2) is 4.68 Å². The van der Waals surface area contributed by atoms with E-state index in [2.05, 4.69) is 10.4 Å². The molecule has 2 aromatic rings. The molecular formula is C13H14Cl2N4O2. The summed E-state index contributed by atoms with van der Waals surface area (Å²) in [5, 5.41) is 19.1. The average molecular weight is 329 g/mol. The number of nitrogens with one attached hydrogen (secondary N) is 1. The van der Waals surface area contributed by atoms with Gasteiger partial charge in [0.1, 0.15) is 0 Å². The van der Waals surface area contributed by atoms with Crippen molar-refractivity contribution in [3.05, 3.63) is 50.2 Å². The van der Waals surface area contributed by atoms with Gasteiger partial charge < -0.3 is 5.32 Å². The maximum absolute atomic E-state index is 11.2. The molecule has 112 valence electrons. The second-order valence-electron chi connectivity index (χ2n) is 4.80. The number of hydrogen-bond acceptors (Lipinski definition) is 4. The molecule has 0 saturated carbocycles. The molecule has 0 spiro atoms. The topological polar surface area (TPSA) is 73.0 Å². The van der Waals surface area contributed by atoms with Crippen molar-refractivity contribution in [2.75, 3.05) is 0 Å². The van der Waals surface area contributed by atoms with E-state index in [4.69, 9.17) is 23.2 Å². The summed E-state index contributed by atoms with van der Waals surface area (Å²) in [6.07, 6.45) is 1.64. The Morgan fingerprint density at radius 2 is 2.14 bits per heavy atom. The van der Waals surface area contributed by atoms with Crippen molar-refractivity contribution in [1.82, 2.24) is 15.1 Å². The van der Waals surface area contributed by atoms with E-state index < -0.39 is 4.92 Å². The van der Waals surface area contributed by atoms with Crippen molar-refractivity contribution in [1.29, 1.82) is 0 Å². The normalized spacial score (nSPS) is 11.1. The number of hydrogen-bond donors (Lipinski definition) is 1. The molecule has 21 heavy (non-hydrogen) atoms. The predicted molar refractivity (Wildman–Crippen MR) is 82.2 cm³/mol. The van der Waals surface area contributed by atoms with Crippen LogP contribution in [0.2, 0.25) is 10.0 Å². The van der Waals surface area contributed by atoms with Crippen LogP contribution < -0.4 is 5.32 Å². The van der Waals surface area contributed by atoms with E-state index in [9.17, 15) is 10.1 Å². The lowest BCUT2D eigenvalue weighted by atomic mass is 10.2. The fraction of sp³-hybridized carbons (Fsp3) is 0.308. The molecule has 1 N–H and O–H groups in total. The summed E-state index contributed by atoms with van der Waals surface area (Å²) in [7, 11) is 0. The van der Waals surface area contributed by atoms with Crippen LogP contribution in [0.15, 0.2) is 24.4 Å². The van der Waals surface area contributed by atoms with Crippen LogP contribution in [0.5, 0.6) is 0 Å². The monoisotopic (exact) mass is 328 g/mol. The van der Waals surface area contributed by atoms with E-state index in [1.807, 2.05) is 13.8 Å². The molecule has 6 nitrogen and oxygen atoms in total. The highest BCUT2D eigenvalue weighted by molar-refractivity contribution is 6.36. The Bertz CT molecular complexity index is 670. The van der Waals surface area contributed by atoms with Crippen LogP contribution >= 0.6 is 23.2 Å². The zero-order valence-electron chi connectivity index (χ0n) is 11.5. The third-order valence-electron chi connectivity index (χ3n) is 2.77. The largest absolute Gasteiger partial charge is 0.309 e. The molecule has 0 amide bonds. The average Bonchev–Trinajstić information content (AvgIpc) is 2.83. The predicted octanol–water partition coefficient (Wildman–Crippen LogP) is 3.59. The van der Waals surface area contributed by atoms with Gasteiger partial charge in [0.15, 0.2) is 5.69 Å². The van der Waals surface area contributed by atoms with Crippen LogP contribution in [0, 0.1) is 10.1 Å². The summed E-state index contributed by atoms with van der Waals surface area (Å²) in [6.45, 7) is 4.62. The Morgan fingerprint density at radius 1 is 1.43 bits per heavy atom. The van der Waals surface area contributed by atoms with Crippen molar-refractivity contribution in [3.8, 4) is 5.69 Å². The standard InChI is InChI=1S/C13H14Cl2N4O2/c1-8(2)16-7-10-3-4-18(17-10)13-11(15)5-9(14)6-12(13)19(20)21/h3-6,8,16H,7H2,1-2H3. The zero-order chi connectivity index (χ0) is 15.6. The van der Waals surface area contributed by atoms with Crippen molar-refractivity contribution in [2.45, 2.75) is 26.4 Å². The third-order valence-corrected chi connectivity index (χ3v) is 3.28. The summed E-state index contributed by atoms with van der Waals surface area (Å²) < 4.78 is 1.40. The Balaban J connectivity index is 2.40. The maximum atomic E-state index is 11.2. The van der Waals surface area contributed by atoms with E-state index in [0.717, 1.165) is 5.69 Å². The molecule has 0 aliphatic carbocycles. The number of benzene rings is 1. The molecule has 2 rings (SSSR count). The summed E-state index contributed by atoms with van der Waals surface area (Å²) in [5.74, 6) is 0. The van der Waals surface area contributed by atoms with Gasteiger partial charge in [-0.05, 0) is 12.1 Å². The van der Waals surface area contributed by atoms with Crippen LogP contribution in [-0.4, -0.2) is 20.7 Å². The van der Waals surface area contributed by atoms with Crippen LogP contribution in [0.25, 0.3) is 5.69 Å². The Hall–Kier alpha value is -1.63. The van der Waals surface area contributed by atoms with Gasteiger partial charge in [0.25, 0.3) is 5.69 Å². The van der Waals surface area contributed by atoms with Gasteiger partial charge in [-0.3, -0.25) is 10.1 Å². The van der Waals surface area contributed by atoms with E-state index in [1.165, 1.54) is 16.8 Å². The highest BCUT2D eigenvalue weighted by Crippen LogP contribution is 2.33. The molecule has 8 heteroatoms. The van der Waals surface area contributed by atoms with Crippen LogP contribution in [0.3, 0.4) is 0 Å². The minimum Gasteiger partial charge on any atom is -0.309 e. The summed E-state index contributed by atoms with van der Waals surface area (Å²) in [4.78, 5) is 10.6. The molecule has 0 fully saturated rings. The first kappa shape index (κ1) is 15.8. The summed E-state index contributed by atoms with van der Waals surface area (Å²) >= 11 is 11.9. The van der Waals surface area contributed by atoms with E-state index in [1.54, 1.807) is 12.3 Å². The molecule has 1 aromatic heterocycles. The smallest absolute Gasteiger partial charge is 0.297 e. The molecule has 0 atom stereocenters. The Morgan fingerprint density at radius 3 is 2.76 bits per heavy atom. The fourth-order valence-corrected chi connectivity index (χ4v) is 2.38. The fourth-order valence-electron chi connectivity index (χ4n) is 1.81. The van der Waals surface area contributed by atoms with Crippen LogP contribution in [0.1, 0.15) is 19.5 Å². The first-order valence-electron chi connectivity index (χ1n) is 6.30. The summed E-state index contributed by atoms with van der Waals surface area (Å²) in [5.41, 5.74) is 0.796. The molecule has 0 unspecified atom stereocenters. The number of nitro groups is 1. The van der Waals surface area contributed by atoms with Gasteiger partial charge in [-0.2, -0.15) is 5.10 Å². The quantitative estimate of drug-likeness (QED) is 0.672. The molecular weight excluding hydrogens is 315 g/mol. The van der Waals surface area contributed by atoms with E-state index in [-0.39, 0.29) is 21.4 Å². The highest BCUT2D eigenvalue weighted by atomic mass is 35.5. The van der Waals surface area contributed by atoms with Crippen molar-refractivity contribution >= 4 is 28.9 Å². The van der Waals surface area contributed by atoms with Gasteiger partial charge in [0, 0.05) is 29.9 Å². The molecule has 1 heterocycles. The second kappa shape index (κ2) is 6.43. The van der Waals surface area contributed by atoms with Crippen molar-refractivity contribution in [3.63, 3.8) is 0 Å². The Labute approximate surface area is 131 Å². The molecule has 0 saturated heterocycles. The number of nitrogens with zero attached hydrogens (tertiary/aromatic N) is 3. The highest BCUT2D eigenvalue weighted by Gasteiger charge is 2.21. The molecule has 0 radical (unpaired) electrons. The van der Waals surface area contributed by atoms with Gasteiger partial charge in [-0.1, -0.05) is 37.0 Å². The lowest BCUT2D eigenvalue weighted by Gasteiger charge is -2.07. The van der Waals surface area contributed by atoms with Gasteiger partial charge >= 0.3 is 0 Å². The summed E-state index contributed by atoms with van der Waals surface area (Å²) in [6, 6.07) is 4.82. The SMILES string of the molecule is CC(C)NCc1ccn(-c2c(Cl)cc(Cl)cc2[N+](=O)[O-])n1. The van der Waals surface area contributed by atoms with Gasteiger partial charge in [-0.15, -0.1) is 0 Å². The van der Waals surface area contributed by atoms with Gasteiger partial charge in [0.05, 0.1) is 15.6 Å².